The standard InChI is InChI=1S/C21H20Cl2N2/c22-16-8-9-19(20(23)14-16)21(25-12-10-24-11-13-25)18-7-3-5-15-4-1-2-6-17(15)18/h1-9,14,21,24H,10-13H2. The molecule has 1 fully saturated rings. The average Bonchev–Trinajstić information content (AvgIpc) is 2.65. The molecule has 0 spiro atoms. The third-order valence-electron chi connectivity index (χ3n) is 4.89. The quantitative estimate of drug-likeness (QED) is 0.686. The van der Waals surface area contributed by atoms with Crippen molar-refractivity contribution in [1.82, 2.24) is 10.2 Å². The van der Waals surface area contributed by atoms with E-state index in [2.05, 4.69) is 58.7 Å². The number of nitrogens with zero attached hydrogens (tertiary/aromatic N) is 1. The van der Waals surface area contributed by atoms with Gasteiger partial charge in [-0.15, -0.1) is 0 Å². The van der Waals surface area contributed by atoms with E-state index in [1.54, 1.807) is 0 Å². The number of hydrogen-bond acceptors (Lipinski definition) is 2. The van der Waals surface area contributed by atoms with E-state index in [-0.39, 0.29) is 6.04 Å². The molecule has 1 unspecified atom stereocenters. The van der Waals surface area contributed by atoms with Gasteiger partial charge in [0.15, 0.2) is 0 Å². The summed E-state index contributed by atoms with van der Waals surface area (Å²) in [5.41, 5.74) is 2.41. The highest BCUT2D eigenvalue weighted by Gasteiger charge is 2.27. The molecule has 1 aliphatic heterocycles. The molecule has 0 aliphatic carbocycles. The fourth-order valence-electron chi connectivity index (χ4n) is 3.71. The molecule has 4 rings (SSSR count). The van der Waals surface area contributed by atoms with Crippen molar-refractivity contribution in [2.75, 3.05) is 26.2 Å². The number of fused-ring (bicyclic) bond motifs is 1. The lowest BCUT2D eigenvalue weighted by atomic mass is 9.92. The van der Waals surface area contributed by atoms with Crippen molar-refractivity contribution in [3.63, 3.8) is 0 Å². The van der Waals surface area contributed by atoms with Crippen molar-refractivity contribution >= 4 is 34.0 Å². The van der Waals surface area contributed by atoms with Crippen LogP contribution in [0.1, 0.15) is 17.2 Å². The Balaban J connectivity index is 1.90. The second kappa shape index (κ2) is 7.35. The van der Waals surface area contributed by atoms with Gasteiger partial charge in [0, 0.05) is 36.2 Å². The van der Waals surface area contributed by atoms with Gasteiger partial charge < -0.3 is 5.32 Å². The monoisotopic (exact) mass is 370 g/mol. The van der Waals surface area contributed by atoms with Crippen LogP contribution < -0.4 is 5.32 Å². The fraction of sp³-hybridized carbons (Fsp3) is 0.238. The highest BCUT2D eigenvalue weighted by Crippen LogP contribution is 2.37. The summed E-state index contributed by atoms with van der Waals surface area (Å²) in [5.74, 6) is 0. The zero-order valence-electron chi connectivity index (χ0n) is 13.9. The van der Waals surface area contributed by atoms with Crippen LogP contribution >= 0.6 is 23.2 Å². The zero-order valence-corrected chi connectivity index (χ0v) is 15.4. The Morgan fingerprint density at radius 1 is 0.840 bits per heavy atom. The summed E-state index contributed by atoms with van der Waals surface area (Å²) in [4.78, 5) is 2.51. The van der Waals surface area contributed by atoms with Crippen LogP contribution in [0.5, 0.6) is 0 Å². The third-order valence-corrected chi connectivity index (χ3v) is 5.45. The maximum Gasteiger partial charge on any atom is 0.0623 e. The largest absolute Gasteiger partial charge is 0.314 e. The molecule has 1 aliphatic rings. The minimum absolute atomic E-state index is 0.123. The molecule has 0 bridgehead atoms. The van der Waals surface area contributed by atoms with Gasteiger partial charge in [-0.2, -0.15) is 0 Å². The molecule has 0 aromatic heterocycles. The van der Waals surface area contributed by atoms with E-state index in [1.165, 1.54) is 16.3 Å². The van der Waals surface area contributed by atoms with Crippen LogP contribution in [-0.2, 0) is 0 Å². The lowest BCUT2D eigenvalue weighted by Gasteiger charge is -2.36. The predicted octanol–water partition coefficient (Wildman–Crippen LogP) is 5.14. The molecule has 1 atom stereocenters. The summed E-state index contributed by atoms with van der Waals surface area (Å²) in [5, 5.41) is 7.37. The van der Waals surface area contributed by atoms with Crippen LogP contribution in [0, 0.1) is 0 Å². The molecule has 0 amide bonds. The van der Waals surface area contributed by atoms with Gasteiger partial charge >= 0.3 is 0 Å². The number of nitrogens with one attached hydrogen (secondary N) is 1. The molecular weight excluding hydrogens is 351 g/mol. The summed E-state index contributed by atoms with van der Waals surface area (Å²) >= 11 is 12.8. The number of hydrogen-bond donors (Lipinski definition) is 1. The third kappa shape index (κ3) is 3.40. The summed E-state index contributed by atoms with van der Waals surface area (Å²) in [6, 6.07) is 21.0. The summed E-state index contributed by atoms with van der Waals surface area (Å²) in [6.07, 6.45) is 0. The Hall–Kier alpha value is -1.58. The highest BCUT2D eigenvalue weighted by molar-refractivity contribution is 6.35. The first kappa shape index (κ1) is 16.9. The Morgan fingerprint density at radius 3 is 2.40 bits per heavy atom. The first-order chi connectivity index (χ1) is 12.2. The van der Waals surface area contributed by atoms with Crippen molar-refractivity contribution in [3.05, 3.63) is 81.8 Å². The van der Waals surface area contributed by atoms with E-state index in [1.807, 2.05) is 12.1 Å². The van der Waals surface area contributed by atoms with E-state index < -0.39 is 0 Å². The topological polar surface area (TPSA) is 15.3 Å². The van der Waals surface area contributed by atoms with Crippen LogP contribution in [0.3, 0.4) is 0 Å². The van der Waals surface area contributed by atoms with Crippen molar-refractivity contribution < 1.29 is 0 Å². The van der Waals surface area contributed by atoms with Crippen LogP contribution in [0.2, 0.25) is 10.0 Å². The van der Waals surface area contributed by atoms with Crippen LogP contribution in [0.25, 0.3) is 10.8 Å². The van der Waals surface area contributed by atoms with Crippen LogP contribution in [0.15, 0.2) is 60.7 Å². The van der Waals surface area contributed by atoms with E-state index >= 15 is 0 Å². The predicted molar refractivity (Wildman–Crippen MR) is 107 cm³/mol. The highest BCUT2D eigenvalue weighted by atomic mass is 35.5. The van der Waals surface area contributed by atoms with Gasteiger partial charge in [-0.1, -0.05) is 71.7 Å². The minimum atomic E-state index is 0.123. The first-order valence-electron chi connectivity index (χ1n) is 8.61. The van der Waals surface area contributed by atoms with Gasteiger partial charge in [0.05, 0.1) is 6.04 Å². The second-order valence-electron chi connectivity index (χ2n) is 6.42. The Bertz CT molecular complexity index is 883. The fourth-order valence-corrected chi connectivity index (χ4v) is 4.23. The van der Waals surface area contributed by atoms with Gasteiger partial charge in [-0.25, -0.2) is 0 Å². The molecule has 1 heterocycles. The van der Waals surface area contributed by atoms with E-state index in [4.69, 9.17) is 23.2 Å². The molecule has 4 heteroatoms. The lowest BCUT2D eigenvalue weighted by Crippen LogP contribution is -2.45. The summed E-state index contributed by atoms with van der Waals surface area (Å²) in [7, 11) is 0. The van der Waals surface area contributed by atoms with Crippen molar-refractivity contribution in [1.29, 1.82) is 0 Å². The van der Waals surface area contributed by atoms with Gasteiger partial charge in [-0.05, 0) is 34.0 Å². The van der Waals surface area contributed by atoms with Gasteiger partial charge in [-0.3, -0.25) is 4.90 Å². The van der Waals surface area contributed by atoms with Crippen LogP contribution in [-0.4, -0.2) is 31.1 Å². The van der Waals surface area contributed by atoms with Crippen molar-refractivity contribution in [3.8, 4) is 0 Å². The Labute approximate surface area is 158 Å². The summed E-state index contributed by atoms with van der Waals surface area (Å²) in [6.45, 7) is 3.97. The van der Waals surface area contributed by atoms with E-state index in [9.17, 15) is 0 Å². The molecule has 128 valence electrons. The van der Waals surface area contributed by atoms with Gasteiger partial charge in [0.2, 0.25) is 0 Å². The lowest BCUT2D eigenvalue weighted by molar-refractivity contribution is 0.199. The van der Waals surface area contributed by atoms with Gasteiger partial charge in [0.25, 0.3) is 0 Å². The first-order valence-corrected chi connectivity index (χ1v) is 9.37. The zero-order chi connectivity index (χ0) is 17.2. The normalized spacial score (nSPS) is 16.9. The average molecular weight is 371 g/mol. The molecule has 2 nitrogen and oxygen atoms in total. The molecule has 0 saturated carbocycles. The van der Waals surface area contributed by atoms with Crippen LogP contribution in [0.4, 0.5) is 0 Å². The summed E-state index contributed by atoms with van der Waals surface area (Å²) < 4.78 is 0. The molecule has 1 N–H and O–H groups in total. The molecule has 25 heavy (non-hydrogen) atoms. The Kier molecular flexibility index (Phi) is 4.96. The molecule has 3 aromatic rings. The van der Waals surface area contributed by atoms with E-state index in [0.717, 1.165) is 36.8 Å². The molecule has 0 radical (unpaired) electrons. The van der Waals surface area contributed by atoms with Crippen molar-refractivity contribution in [2.45, 2.75) is 6.04 Å². The maximum atomic E-state index is 6.62. The van der Waals surface area contributed by atoms with E-state index in [0.29, 0.717) is 5.02 Å². The number of piperazine rings is 1. The van der Waals surface area contributed by atoms with Crippen molar-refractivity contribution in [2.24, 2.45) is 0 Å². The minimum Gasteiger partial charge on any atom is -0.314 e. The number of rotatable bonds is 3. The Morgan fingerprint density at radius 2 is 1.60 bits per heavy atom. The number of halogens is 2. The smallest absolute Gasteiger partial charge is 0.0623 e. The second-order valence-corrected chi connectivity index (χ2v) is 7.27. The maximum absolute atomic E-state index is 6.62. The van der Waals surface area contributed by atoms with Gasteiger partial charge in [0.1, 0.15) is 0 Å². The molecular formula is C21H20Cl2N2. The number of benzene rings is 3. The SMILES string of the molecule is Clc1ccc(C(c2cccc3ccccc23)N2CCNCC2)c(Cl)c1. The molecule has 3 aromatic carbocycles. The molecule has 1 saturated heterocycles.